The molecule has 88 valence electrons. The van der Waals surface area contributed by atoms with Gasteiger partial charge in [0.1, 0.15) is 5.75 Å². The summed E-state index contributed by atoms with van der Waals surface area (Å²) in [5.74, 6) is 0.867. The second kappa shape index (κ2) is 5.59. The molecular weight excluding hydrogens is 232 g/mol. The van der Waals surface area contributed by atoms with Gasteiger partial charge in [-0.3, -0.25) is 0 Å². The Balaban J connectivity index is 2.40. The first kappa shape index (κ1) is 11.8. The van der Waals surface area contributed by atoms with Crippen molar-refractivity contribution in [2.45, 2.75) is 13.3 Å². The smallest absolute Gasteiger partial charge is 0.197 e. The van der Waals surface area contributed by atoms with E-state index in [1.54, 1.807) is 6.20 Å². The maximum Gasteiger partial charge on any atom is 0.197 e. The summed E-state index contributed by atoms with van der Waals surface area (Å²) in [6, 6.07) is 9.80. The zero-order chi connectivity index (χ0) is 12.1. The first-order valence-corrected chi connectivity index (χ1v) is 5.99. The summed E-state index contributed by atoms with van der Waals surface area (Å²) < 4.78 is 6.19. The molecular formula is C13H14N2OS. The number of hydrogen-bond donors (Lipinski definition) is 1. The third-order valence-electron chi connectivity index (χ3n) is 2.31. The molecule has 0 unspecified atom stereocenters. The van der Waals surface area contributed by atoms with E-state index in [1.165, 1.54) is 0 Å². The summed E-state index contributed by atoms with van der Waals surface area (Å²) >= 11 is 5.02. The molecule has 1 heterocycles. The molecule has 0 spiro atoms. The number of nitrogens with one attached hydrogen (secondary N) is 1. The summed E-state index contributed by atoms with van der Waals surface area (Å²) in [6.45, 7) is 2.80. The minimum Gasteiger partial charge on any atom is -0.493 e. The van der Waals surface area contributed by atoms with E-state index in [4.69, 9.17) is 17.0 Å². The normalized spacial score (nSPS) is 10.2. The van der Waals surface area contributed by atoms with E-state index in [9.17, 15) is 0 Å². The Labute approximate surface area is 105 Å². The van der Waals surface area contributed by atoms with Gasteiger partial charge in [-0.15, -0.1) is 0 Å². The lowest BCUT2D eigenvalue weighted by molar-refractivity contribution is 0.318. The molecule has 1 aromatic heterocycles. The Kier molecular flexibility index (Phi) is 3.88. The molecule has 0 bridgehead atoms. The molecule has 0 aliphatic heterocycles. The molecule has 0 fully saturated rings. The number of rotatable bonds is 4. The molecule has 2 rings (SSSR count). The topological polar surface area (TPSA) is 37.9 Å². The first-order chi connectivity index (χ1) is 8.31. The standard InChI is InChI=1S/C13H14N2OS/c1-2-9-16-12-6-4-3-5-10(12)11-7-8-14-13(17)15-11/h3-8H,2,9H2,1H3,(H,14,15,17). The summed E-state index contributed by atoms with van der Waals surface area (Å²) in [5, 5.41) is 0. The van der Waals surface area contributed by atoms with Gasteiger partial charge in [-0.1, -0.05) is 19.1 Å². The van der Waals surface area contributed by atoms with Crippen LogP contribution in [0.1, 0.15) is 13.3 Å². The number of ether oxygens (including phenoxy) is 1. The van der Waals surface area contributed by atoms with E-state index in [-0.39, 0.29) is 0 Å². The number of hydrogen-bond acceptors (Lipinski definition) is 3. The van der Waals surface area contributed by atoms with Crippen molar-refractivity contribution >= 4 is 12.2 Å². The average Bonchev–Trinajstić information content (AvgIpc) is 2.37. The quantitative estimate of drug-likeness (QED) is 0.838. The summed E-state index contributed by atoms with van der Waals surface area (Å²) in [7, 11) is 0. The van der Waals surface area contributed by atoms with Crippen molar-refractivity contribution in [2.75, 3.05) is 6.61 Å². The zero-order valence-electron chi connectivity index (χ0n) is 9.64. The maximum atomic E-state index is 5.71. The SMILES string of the molecule is CCCOc1ccccc1-c1ccnc(=S)[nH]1. The Hall–Kier alpha value is -1.68. The number of benzene rings is 1. The van der Waals surface area contributed by atoms with Crippen molar-refractivity contribution in [1.82, 2.24) is 9.97 Å². The molecule has 17 heavy (non-hydrogen) atoms. The van der Waals surface area contributed by atoms with Crippen LogP contribution in [0, 0.1) is 4.77 Å². The van der Waals surface area contributed by atoms with Crippen molar-refractivity contribution < 1.29 is 4.74 Å². The highest BCUT2D eigenvalue weighted by atomic mass is 32.1. The van der Waals surface area contributed by atoms with Crippen molar-refractivity contribution in [2.24, 2.45) is 0 Å². The number of aromatic nitrogens is 2. The summed E-state index contributed by atoms with van der Waals surface area (Å²) in [5.41, 5.74) is 1.94. The van der Waals surface area contributed by atoms with Gasteiger partial charge >= 0.3 is 0 Å². The van der Waals surface area contributed by atoms with Gasteiger partial charge in [0.2, 0.25) is 0 Å². The van der Waals surface area contributed by atoms with E-state index >= 15 is 0 Å². The fourth-order valence-corrected chi connectivity index (χ4v) is 1.72. The molecule has 0 saturated carbocycles. The van der Waals surface area contributed by atoms with Crippen molar-refractivity contribution in [3.05, 3.63) is 41.3 Å². The predicted molar refractivity (Wildman–Crippen MR) is 70.6 cm³/mol. The lowest BCUT2D eigenvalue weighted by Gasteiger charge is -2.10. The number of nitrogens with zero attached hydrogens (tertiary/aromatic N) is 1. The van der Waals surface area contributed by atoms with Crippen LogP contribution in [0.15, 0.2) is 36.5 Å². The molecule has 3 nitrogen and oxygen atoms in total. The Bertz CT molecular complexity index is 551. The van der Waals surface area contributed by atoms with Gasteiger partial charge < -0.3 is 9.72 Å². The molecule has 0 radical (unpaired) electrons. The molecule has 0 aliphatic carbocycles. The average molecular weight is 246 g/mol. The monoisotopic (exact) mass is 246 g/mol. The van der Waals surface area contributed by atoms with Gasteiger partial charge in [0.05, 0.1) is 12.3 Å². The molecule has 0 atom stereocenters. The third kappa shape index (κ3) is 2.91. The molecule has 0 amide bonds. The highest BCUT2D eigenvalue weighted by molar-refractivity contribution is 7.71. The minimum atomic E-state index is 0.479. The maximum absolute atomic E-state index is 5.71. The third-order valence-corrected chi connectivity index (χ3v) is 2.52. The lowest BCUT2D eigenvalue weighted by Crippen LogP contribution is -1.97. The van der Waals surface area contributed by atoms with Crippen LogP contribution in [0.4, 0.5) is 0 Å². The fourth-order valence-electron chi connectivity index (χ4n) is 1.55. The van der Waals surface area contributed by atoms with E-state index < -0.39 is 0 Å². The van der Waals surface area contributed by atoms with Crippen LogP contribution in [0.3, 0.4) is 0 Å². The van der Waals surface area contributed by atoms with Crippen LogP contribution >= 0.6 is 12.2 Å². The molecule has 0 aliphatic rings. The predicted octanol–water partition coefficient (Wildman–Crippen LogP) is 3.59. The van der Waals surface area contributed by atoms with Crippen molar-refractivity contribution in [1.29, 1.82) is 0 Å². The van der Waals surface area contributed by atoms with Gasteiger partial charge in [-0.25, -0.2) is 4.98 Å². The number of H-pyrrole nitrogens is 1. The van der Waals surface area contributed by atoms with Crippen LogP contribution < -0.4 is 4.74 Å². The molecule has 0 saturated heterocycles. The van der Waals surface area contributed by atoms with Gasteiger partial charge in [0, 0.05) is 11.8 Å². The zero-order valence-corrected chi connectivity index (χ0v) is 10.5. The van der Waals surface area contributed by atoms with Gasteiger partial charge in [0.25, 0.3) is 0 Å². The van der Waals surface area contributed by atoms with E-state index in [2.05, 4.69) is 16.9 Å². The highest BCUT2D eigenvalue weighted by Gasteiger charge is 2.05. The van der Waals surface area contributed by atoms with Crippen molar-refractivity contribution in [3.63, 3.8) is 0 Å². The molecule has 1 aromatic carbocycles. The summed E-state index contributed by atoms with van der Waals surface area (Å²) in [4.78, 5) is 7.04. The molecule has 2 aromatic rings. The van der Waals surface area contributed by atoms with Crippen LogP contribution in [-0.4, -0.2) is 16.6 Å². The Morgan fingerprint density at radius 1 is 1.29 bits per heavy atom. The Morgan fingerprint density at radius 2 is 2.12 bits per heavy atom. The van der Waals surface area contributed by atoms with Crippen LogP contribution in [0.5, 0.6) is 5.75 Å². The largest absolute Gasteiger partial charge is 0.493 e. The molecule has 1 N–H and O–H groups in total. The number of aromatic amines is 1. The second-order valence-corrected chi connectivity index (χ2v) is 4.02. The van der Waals surface area contributed by atoms with Gasteiger partial charge in [-0.2, -0.15) is 0 Å². The van der Waals surface area contributed by atoms with E-state index in [1.807, 2.05) is 30.3 Å². The lowest BCUT2D eigenvalue weighted by atomic mass is 10.1. The van der Waals surface area contributed by atoms with Gasteiger partial charge in [0.15, 0.2) is 4.77 Å². The highest BCUT2D eigenvalue weighted by Crippen LogP contribution is 2.27. The second-order valence-electron chi connectivity index (χ2n) is 3.63. The minimum absolute atomic E-state index is 0.479. The number of para-hydroxylation sites is 1. The van der Waals surface area contributed by atoms with E-state index in [0.29, 0.717) is 11.4 Å². The molecule has 4 heteroatoms. The van der Waals surface area contributed by atoms with Gasteiger partial charge in [-0.05, 0) is 36.8 Å². The van der Waals surface area contributed by atoms with Crippen molar-refractivity contribution in [3.8, 4) is 17.0 Å². The van der Waals surface area contributed by atoms with Crippen LogP contribution in [-0.2, 0) is 0 Å². The Morgan fingerprint density at radius 3 is 2.88 bits per heavy atom. The van der Waals surface area contributed by atoms with E-state index in [0.717, 1.165) is 23.4 Å². The van der Waals surface area contributed by atoms with Crippen LogP contribution in [0.25, 0.3) is 11.3 Å². The van der Waals surface area contributed by atoms with Crippen LogP contribution in [0.2, 0.25) is 0 Å². The fraction of sp³-hybridized carbons (Fsp3) is 0.231. The first-order valence-electron chi connectivity index (χ1n) is 5.59. The summed E-state index contributed by atoms with van der Waals surface area (Å²) in [6.07, 6.45) is 2.69.